The van der Waals surface area contributed by atoms with E-state index in [4.69, 9.17) is 14.2 Å². The van der Waals surface area contributed by atoms with Crippen molar-refractivity contribution < 1.29 is 28.6 Å². The van der Waals surface area contributed by atoms with E-state index >= 15 is 0 Å². The van der Waals surface area contributed by atoms with Crippen LogP contribution in [0.25, 0.3) is 0 Å². The molecule has 0 aromatic carbocycles. The fourth-order valence-electron chi connectivity index (χ4n) is 11.9. The first-order valence-electron chi connectivity index (χ1n) is 37.7. The number of hydrogen-bond donors (Lipinski definition) is 0. The van der Waals surface area contributed by atoms with E-state index in [-0.39, 0.29) is 31.1 Å². The molecule has 1 atom stereocenters. The predicted molar refractivity (Wildman–Crippen MR) is 358 cm³/mol. The molecule has 0 aliphatic rings. The zero-order chi connectivity index (χ0) is 59.2. The van der Waals surface area contributed by atoms with Crippen molar-refractivity contribution in [3.8, 4) is 0 Å². The summed E-state index contributed by atoms with van der Waals surface area (Å²) in [5.74, 6) is -0.837. The Morgan fingerprint density at radius 2 is 0.402 bits per heavy atom. The van der Waals surface area contributed by atoms with Gasteiger partial charge in [-0.3, -0.25) is 14.4 Å². The molecule has 6 nitrogen and oxygen atoms in total. The average Bonchev–Trinajstić information content (AvgIpc) is 3.48. The van der Waals surface area contributed by atoms with Gasteiger partial charge in [0.1, 0.15) is 13.2 Å². The molecule has 0 saturated carbocycles. The Morgan fingerprint density at radius 3 is 0.610 bits per heavy atom. The molecule has 0 bridgehead atoms. The van der Waals surface area contributed by atoms with Crippen LogP contribution in [0.15, 0.2) is 12.2 Å². The normalized spacial score (nSPS) is 12.0. The first kappa shape index (κ1) is 80.2. The quantitative estimate of drug-likeness (QED) is 0.0261. The Balaban J connectivity index is 4.15. The third-order valence-electron chi connectivity index (χ3n) is 17.5. The molecular formula is C76H146O6. The summed E-state index contributed by atoms with van der Waals surface area (Å²) in [6.07, 6.45) is 87.0. The highest BCUT2D eigenvalue weighted by atomic mass is 16.6. The second-order valence-corrected chi connectivity index (χ2v) is 25.9. The molecule has 0 saturated heterocycles. The van der Waals surface area contributed by atoms with E-state index in [0.29, 0.717) is 19.3 Å². The Labute approximate surface area is 513 Å². The van der Waals surface area contributed by atoms with Crippen LogP contribution in [0.4, 0.5) is 0 Å². The molecule has 486 valence electrons. The Bertz CT molecular complexity index is 1280. The van der Waals surface area contributed by atoms with Crippen molar-refractivity contribution in [3.05, 3.63) is 12.2 Å². The third-order valence-corrected chi connectivity index (χ3v) is 17.5. The van der Waals surface area contributed by atoms with E-state index in [2.05, 4.69) is 32.9 Å². The number of esters is 3. The molecule has 0 aliphatic heterocycles. The average molecular weight is 1160 g/mol. The van der Waals surface area contributed by atoms with Crippen LogP contribution in [0.1, 0.15) is 438 Å². The molecule has 0 aromatic heterocycles. The summed E-state index contributed by atoms with van der Waals surface area (Å²) < 4.78 is 17.0. The zero-order valence-corrected chi connectivity index (χ0v) is 56.1. The van der Waals surface area contributed by atoms with Crippen molar-refractivity contribution in [1.29, 1.82) is 0 Å². The Kier molecular flexibility index (Phi) is 70.0. The third kappa shape index (κ3) is 68.9. The Hall–Kier alpha value is -1.85. The summed E-state index contributed by atoms with van der Waals surface area (Å²) in [7, 11) is 0. The Morgan fingerprint density at radius 1 is 0.232 bits per heavy atom. The van der Waals surface area contributed by atoms with E-state index < -0.39 is 6.10 Å². The molecular weight excluding hydrogens is 1010 g/mol. The highest BCUT2D eigenvalue weighted by Gasteiger charge is 2.20. The maximum absolute atomic E-state index is 13.0. The molecule has 0 amide bonds. The fraction of sp³-hybridized carbons (Fsp3) is 0.934. The van der Waals surface area contributed by atoms with Crippen LogP contribution in [0.3, 0.4) is 0 Å². The molecule has 0 fully saturated rings. The molecule has 0 spiro atoms. The van der Waals surface area contributed by atoms with E-state index in [1.54, 1.807) is 0 Å². The van der Waals surface area contributed by atoms with Crippen molar-refractivity contribution >= 4 is 17.9 Å². The van der Waals surface area contributed by atoms with Crippen LogP contribution < -0.4 is 0 Å². The predicted octanol–water partition coefficient (Wildman–Crippen LogP) is 26.0. The van der Waals surface area contributed by atoms with Crippen LogP contribution in [0.5, 0.6) is 0 Å². The standard InChI is InChI=1S/C76H146O6/c1-4-7-10-13-16-19-22-25-28-30-32-34-35-36-37-38-39-40-41-42-43-45-46-48-51-54-57-60-63-66-69-75(78)81-72-73(71-80-74(77)68-65-62-59-56-53-50-27-24-21-18-15-12-9-6-3)82-76(79)70-67-64-61-58-55-52-49-47-44-33-31-29-26-23-20-17-14-11-8-5-2/h24,27,73H,4-23,25-26,28-72H2,1-3H3/b27-24-. The summed E-state index contributed by atoms with van der Waals surface area (Å²) in [6, 6.07) is 0. The van der Waals surface area contributed by atoms with Gasteiger partial charge in [-0.15, -0.1) is 0 Å². The molecule has 1 unspecified atom stereocenters. The van der Waals surface area contributed by atoms with Gasteiger partial charge < -0.3 is 14.2 Å². The van der Waals surface area contributed by atoms with E-state index in [0.717, 1.165) is 64.2 Å². The van der Waals surface area contributed by atoms with Gasteiger partial charge in [0, 0.05) is 19.3 Å². The van der Waals surface area contributed by atoms with Crippen LogP contribution in [0, 0.1) is 0 Å². The largest absolute Gasteiger partial charge is 0.462 e. The highest BCUT2D eigenvalue weighted by molar-refractivity contribution is 5.71. The summed E-state index contributed by atoms with van der Waals surface area (Å²) in [4.78, 5) is 38.5. The smallest absolute Gasteiger partial charge is 0.306 e. The van der Waals surface area contributed by atoms with Crippen molar-refractivity contribution in [2.24, 2.45) is 0 Å². The number of carbonyl (C=O) groups is 3. The zero-order valence-electron chi connectivity index (χ0n) is 56.1. The highest BCUT2D eigenvalue weighted by Crippen LogP contribution is 2.20. The maximum Gasteiger partial charge on any atom is 0.306 e. The lowest BCUT2D eigenvalue weighted by atomic mass is 10.0. The number of allylic oxidation sites excluding steroid dienone is 2. The lowest BCUT2D eigenvalue weighted by Gasteiger charge is -2.18. The van der Waals surface area contributed by atoms with Crippen LogP contribution in [0.2, 0.25) is 0 Å². The number of carbonyl (C=O) groups excluding carboxylic acids is 3. The summed E-state index contributed by atoms with van der Waals surface area (Å²) in [5.41, 5.74) is 0. The van der Waals surface area contributed by atoms with Gasteiger partial charge in [-0.1, -0.05) is 386 Å². The van der Waals surface area contributed by atoms with Crippen molar-refractivity contribution in [3.63, 3.8) is 0 Å². The van der Waals surface area contributed by atoms with Crippen LogP contribution >= 0.6 is 0 Å². The molecule has 0 N–H and O–H groups in total. The molecule has 0 radical (unpaired) electrons. The second-order valence-electron chi connectivity index (χ2n) is 25.9. The van der Waals surface area contributed by atoms with E-state index in [1.807, 2.05) is 0 Å². The maximum atomic E-state index is 13.0. The lowest BCUT2D eigenvalue weighted by molar-refractivity contribution is -0.167. The van der Waals surface area contributed by atoms with Gasteiger partial charge in [-0.05, 0) is 44.9 Å². The first-order chi connectivity index (χ1) is 40.5. The number of ether oxygens (including phenoxy) is 3. The number of hydrogen-bond acceptors (Lipinski definition) is 6. The van der Waals surface area contributed by atoms with Gasteiger partial charge >= 0.3 is 17.9 Å². The van der Waals surface area contributed by atoms with Gasteiger partial charge in [0.25, 0.3) is 0 Å². The molecule has 0 rings (SSSR count). The topological polar surface area (TPSA) is 78.9 Å². The van der Waals surface area contributed by atoms with Crippen LogP contribution in [-0.2, 0) is 28.6 Å². The molecule has 0 heterocycles. The molecule has 0 aromatic rings. The molecule has 82 heavy (non-hydrogen) atoms. The summed E-state index contributed by atoms with van der Waals surface area (Å²) in [6.45, 7) is 6.72. The molecule has 6 heteroatoms. The number of unbranched alkanes of at least 4 members (excludes halogenated alkanes) is 58. The van der Waals surface area contributed by atoms with Crippen molar-refractivity contribution in [2.75, 3.05) is 13.2 Å². The van der Waals surface area contributed by atoms with Crippen molar-refractivity contribution in [1.82, 2.24) is 0 Å². The van der Waals surface area contributed by atoms with Gasteiger partial charge in [0.05, 0.1) is 0 Å². The van der Waals surface area contributed by atoms with E-state index in [9.17, 15) is 14.4 Å². The van der Waals surface area contributed by atoms with Crippen LogP contribution in [-0.4, -0.2) is 37.2 Å². The lowest BCUT2D eigenvalue weighted by Crippen LogP contribution is -2.30. The fourth-order valence-corrected chi connectivity index (χ4v) is 11.9. The molecule has 0 aliphatic carbocycles. The second kappa shape index (κ2) is 71.6. The summed E-state index contributed by atoms with van der Waals surface area (Å²) in [5, 5.41) is 0. The SMILES string of the molecule is CCCCCCC/C=C\CCCCCCCC(=O)OCC(COC(=O)CCCCCCCCCCCCCCCCCCCCCCCCCCCCCCCC)OC(=O)CCCCCCCCCCCCCCCCCCCCCC. The minimum atomic E-state index is -0.770. The van der Waals surface area contributed by atoms with Gasteiger partial charge in [0.2, 0.25) is 0 Å². The number of rotatable bonds is 71. The van der Waals surface area contributed by atoms with Crippen molar-refractivity contribution in [2.45, 2.75) is 444 Å². The van der Waals surface area contributed by atoms with Gasteiger partial charge in [0.15, 0.2) is 6.10 Å². The van der Waals surface area contributed by atoms with Gasteiger partial charge in [-0.25, -0.2) is 0 Å². The minimum absolute atomic E-state index is 0.0655. The van der Waals surface area contributed by atoms with Gasteiger partial charge in [-0.2, -0.15) is 0 Å². The van der Waals surface area contributed by atoms with E-state index in [1.165, 1.54) is 334 Å². The summed E-state index contributed by atoms with van der Waals surface area (Å²) >= 11 is 0. The first-order valence-corrected chi connectivity index (χ1v) is 37.7. The monoisotopic (exact) mass is 1160 g/mol. The minimum Gasteiger partial charge on any atom is -0.462 e.